The molecule has 0 aliphatic carbocycles. The van der Waals surface area contributed by atoms with Gasteiger partial charge in [0.2, 0.25) is 11.9 Å². The topological polar surface area (TPSA) is 112 Å². The van der Waals surface area contributed by atoms with Crippen LogP contribution in [0.2, 0.25) is 0 Å². The van der Waals surface area contributed by atoms with Crippen molar-refractivity contribution in [1.29, 1.82) is 0 Å². The highest BCUT2D eigenvalue weighted by Gasteiger charge is 2.49. The van der Waals surface area contributed by atoms with Crippen LogP contribution in [0.1, 0.15) is 25.3 Å². The van der Waals surface area contributed by atoms with Crippen molar-refractivity contribution >= 4 is 29.7 Å². The Hall–Kier alpha value is -3.30. The number of aliphatic imine (C=N–C) groups is 1. The molecule has 204 valence electrons. The molecule has 0 saturated carbocycles. The maximum Gasteiger partial charge on any atom is 0.419 e. The lowest BCUT2D eigenvalue weighted by atomic mass is 10.0. The Bertz CT molecular complexity index is 1010. The van der Waals surface area contributed by atoms with Crippen LogP contribution in [-0.4, -0.2) is 90.2 Å². The standard InChI is InChI=1S/C21H25F6N7O3/c1-13(31-15-11-30-32-18(36)17(15)21(25,26)27)12-37-8-2-3-16(35)33-4-6-34(7-5-33)19-28-9-14(10-29-19)20(22,23)24/h9-11,13,17H,2-8,12H2,1H3,(H,32,36)/t13-,17?/m0/s1. The number of hydrogen-bond acceptors (Lipinski definition) is 8. The van der Waals surface area contributed by atoms with Crippen molar-refractivity contribution in [2.24, 2.45) is 16.0 Å². The summed E-state index contributed by atoms with van der Waals surface area (Å²) >= 11 is 0. The quantitative estimate of drug-likeness (QED) is 0.402. The SMILES string of the molecule is C[C@@H](COCCCC(=O)N1CCN(c2ncc(C(F)(F)F)cn2)CC1)N=C1C=NNC(=O)C1C(F)(F)F. The second-order valence-corrected chi connectivity index (χ2v) is 8.43. The predicted octanol–water partition coefficient (Wildman–Crippen LogP) is 2.06. The molecule has 1 fully saturated rings. The summed E-state index contributed by atoms with van der Waals surface area (Å²) in [4.78, 5) is 38.7. The lowest BCUT2D eigenvalue weighted by molar-refractivity contribution is -0.168. The maximum absolute atomic E-state index is 13.1. The third kappa shape index (κ3) is 7.84. The largest absolute Gasteiger partial charge is 0.419 e. The first kappa shape index (κ1) is 28.3. The fourth-order valence-electron chi connectivity index (χ4n) is 3.68. The van der Waals surface area contributed by atoms with Crippen LogP contribution in [0, 0.1) is 5.92 Å². The molecular formula is C21H25F6N7O3. The average molecular weight is 537 g/mol. The Morgan fingerprint density at radius 2 is 1.81 bits per heavy atom. The molecule has 0 spiro atoms. The molecule has 1 aromatic rings. The highest BCUT2D eigenvalue weighted by atomic mass is 19.4. The van der Waals surface area contributed by atoms with Crippen LogP contribution in [0.25, 0.3) is 0 Å². The number of nitrogens with zero attached hydrogens (tertiary/aromatic N) is 6. The summed E-state index contributed by atoms with van der Waals surface area (Å²) in [6.07, 6.45) is -6.45. The molecule has 2 amide bonds. The van der Waals surface area contributed by atoms with Gasteiger partial charge in [0.15, 0.2) is 5.92 Å². The van der Waals surface area contributed by atoms with Gasteiger partial charge in [0.05, 0.1) is 30.1 Å². The lowest BCUT2D eigenvalue weighted by Gasteiger charge is -2.34. The number of nitrogens with one attached hydrogen (secondary N) is 1. The monoisotopic (exact) mass is 537 g/mol. The van der Waals surface area contributed by atoms with Gasteiger partial charge >= 0.3 is 12.4 Å². The van der Waals surface area contributed by atoms with Crippen LogP contribution in [0.3, 0.4) is 0 Å². The average Bonchev–Trinajstić information content (AvgIpc) is 2.82. The van der Waals surface area contributed by atoms with E-state index >= 15 is 0 Å². The number of aromatic nitrogens is 2. The third-order valence-electron chi connectivity index (χ3n) is 5.55. The highest BCUT2D eigenvalue weighted by molar-refractivity contribution is 6.37. The number of hydrogen-bond donors (Lipinski definition) is 1. The number of carbonyl (C=O) groups is 2. The molecular weight excluding hydrogens is 512 g/mol. The number of carbonyl (C=O) groups excluding carboxylic acids is 2. The highest BCUT2D eigenvalue weighted by Crippen LogP contribution is 2.29. The summed E-state index contributed by atoms with van der Waals surface area (Å²) < 4.78 is 82.7. The molecule has 0 radical (unpaired) electrons. The number of rotatable bonds is 8. The number of hydrazone groups is 1. The van der Waals surface area contributed by atoms with Gasteiger partial charge in [-0.15, -0.1) is 0 Å². The van der Waals surface area contributed by atoms with E-state index < -0.39 is 41.5 Å². The van der Waals surface area contributed by atoms with Gasteiger partial charge in [-0.25, -0.2) is 15.4 Å². The predicted molar refractivity (Wildman–Crippen MR) is 119 cm³/mol. The van der Waals surface area contributed by atoms with Crippen LogP contribution in [0.15, 0.2) is 22.5 Å². The van der Waals surface area contributed by atoms with Gasteiger partial charge in [-0.2, -0.15) is 31.4 Å². The first-order chi connectivity index (χ1) is 17.4. The van der Waals surface area contributed by atoms with Crippen molar-refractivity contribution in [2.75, 3.05) is 44.3 Å². The second-order valence-electron chi connectivity index (χ2n) is 8.43. The minimum absolute atomic E-state index is 0.0104. The van der Waals surface area contributed by atoms with Crippen LogP contribution in [0.5, 0.6) is 0 Å². The Labute approximate surface area is 207 Å². The van der Waals surface area contributed by atoms with Crippen molar-refractivity contribution < 1.29 is 40.7 Å². The van der Waals surface area contributed by atoms with Crippen molar-refractivity contribution in [3.05, 3.63) is 18.0 Å². The number of alkyl halides is 6. The molecule has 0 aromatic carbocycles. The summed E-state index contributed by atoms with van der Waals surface area (Å²) in [5.74, 6) is -3.65. The molecule has 2 aliphatic rings. The number of anilines is 1. The molecule has 2 aliphatic heterocycles. The van der Waals surface area contributed by atoms with Crippen LogP contribution in [-0.2, 0) is 20.5 Å². The van der Waals surface area contributed by atoms with Crippen molar-refractivity contribution in [3.63, 3.8) is 0 Å². The van der Waals surface area contributed by atoms with E-state index in [9.17, 15) is 35.9 Å². The lowest BCUT2D eigenvalue weighted by Crippen LogP contribution is -2.49. The van der Waals surface area contributed by atoms with Crippen LogP contribution >= 0.6 is 0 Å². The van der Waals surface area contributed by atoms with Crippen LogP contribution < -0.4 is 10.3 Å². The second kappa shape index (κ2) is 11.8. The normalized spacial score (nSPS) is 20.8. The smallest absolute Gasteiger partial charge is 0.379 e. The fraction of sp³-hybridized carbons (Fsp3) is 0.619. The summed E-state index contributed by atoms with van der Waals surface area (Å²) in [5.41, 5.74) is 0.341. The van der Waals surface area contributed by atoms with Gasteiger partial charge < -0.3 is 14.5 Å². The van der Waals surface area contributed by atoms with E-state index in [2.05, 4.69) is 20.1 Å². The molecule has 1 saturated heterocycles. The number of amides is 2. The molecule has 3 heterocycles. The zero-order valence-corrected chi connectivity index (χ0v) is 19.7. The molecule has 16 heteroatoms. The van der Waals surface area contributed by atoms with Crippen molar-refractivity contribution in [2.45, 2.75) is 38.2 Å². The first-order valence-corrected chi connectivity index (χ1v) is 11.3. The Morgan fingerprint density at radius 3 is 2.41 bits per heavy atom. The van der Waals surface area contributed by atoms with Gasteiger partial charge in [0.25, 0.3) is 5.91 Å². The summed E-state index contributed by atoms with van der Waals surface area (Å²) in [7, 11) is 0. The van der Waals surface area contributed by atoms with E-state index in [0.29, 0.717) is 32.6 Å². The van der Waals surface area contributed by atoms with Gasteiger partial charge in [0.1, 0.15) is 0 Å². The van der Waals surface area contributed by atoms with Crippen LogP contribution in [0.4, 0.5) is 32.3 Å². The van der Waals surface area contributed by atoms with E-state index in [1.165, 1.54) is 6.92 Å². The van der Waals surface area contributed by atoms with E-state index in [1.807, 2.05) is 0 Å². The Balaban J connectivity index is 1.36. The zero-order valence-electron chi connectivity index (χ0n) is 19.7. The summed E-state index contributed by atoms with van der Waals surface area (Å²) in [5, 5.41) is 3.37. The summed E-state index contributed by atoms with van der Waals surface area (Å²) in [6.45, 7) is 3.15. The molecule has 0 bridgehead atoms. The van der Waals surface area contributed by atoms with Crippen molar-refractivity contribution in [1.82, 2.24) is 20.3 Å². The zero-order chi connectivity index (χ0) is 27.2. The van der Waals surface area contributed by atoms with E-state index in [0.717, 1.165) is 18.6 Å². The molecule has 1 N–H and O–H groups in total. The molecule has 37 heavy (non-hydrogen) atoms. The van der Waals surface area contributed by atoms with E-state index in [4.69, 9.17) is 4.74 Å². The maximum atomic E-state index is 13.1. The van der Waals surface area contributed by atoms with Gasteiger partial charge in [-0.1, -0.05) is 0 Å². The minimum Gasteiger partial charge on any atom is -0.379 e. The van der Waals surface area contributed by atoms with Gasteiger partial charge in [-0.05, 0) is 13.3 Å². The Kier molecular flexibility index (Phi) is 9.04. The first-order valence-electron chi connectivity index (χ1n) is 11.3. The molecule has 10 nitrogen and oxygen atoms in total. The molecule has 3 rings (SSSR count). The van der Waals surface area contributed by atoms with E-state index in [-0.39, 0.29) is 31.5 Å². The van der Waals surface area contributed by atoms with Crippen molar-refractivity contribution in [3.8, 4) is 0 Å². The summed E-state index contributed by atoms with van der Waals surface area (Å²) in [6, 6.07) is -0.673. The van der Waals surface area contributed by atoms with E-state index in [1.54, 1.807) is 15.2 Å². The fourth-order valence-corrected chi connectivity index (χ4v) is 3.68. The minimum atomic E-state index is -4.80. The molecule has 1 aromatic heterocycles. The number of halogens is 6. The number of piperazine rings is 1. The van der Waals surface area contributed by atoms with Gasteiger partial charge in [-0.3, -0.25) is 14.6 Å². The third-order valence-corrected chi connectivity index (χ3v) is 5.55. The Morgan fingerprint density at radius 1 is 1.16 bits per heavy atom. The molecule has 1 unspecified atom stereocenters. The van der Waals surface area contributed by atoms with Gasteiger partial charge in [0, 0.05) is 51.6 Å². The molecule has 2 atom stereocenters. The number of ether oxygens (including phenoxy) is 1.